The maximum Gasteiger partial charge on any atom is 0.181 e. The van der Waals surface area contributed by atoms with Gasteiger partial charge in [0, 0.05) is 35.7 Å². The predicted octanol–water partition coefficient (Wildman–Crippen LogP) is 4.39. The second-order valence-corrected chi connectivity index (χ2v) is 9.42. The Labute approximate surface area is 193 Å². The summed E-state index contributed by atoms with van der Waals surface area (Å²) in [5.41, 5.74) is -1.17. The molecule has 31 heavy (non-hydrogen) atoms. The molecule has 0 amide bonds. The van der Waals surface area contributed by atoms with Gasteiger partial charge >= 0.3 is 0 Å². The normalized spacial score (nSPS) is 31.2. The number of ether oxygens (including phenoxy) is 2. The molecular formula is C24H21BrClNO4. The van der Waals surface area contributed by atoms with Crippen molar-refractivity contribution in [2.24, 2.45) is 5.92 Å². The minimum absolute atomic E-state index is 0.244. The number of rotatable bonds is 4. The zero-order valence-corrected chi connectivity index (χ0v) is 19.0. The van der Waals surface area contributed by atoms with Gasteiger partial charge < -0.3 is 19.7 Å². The third-order valence-electron chi connectivity index (χ3n) is 6.51. The SMILES string of the molecule is COC[C@H]1[C@@H](O)[C@@]2(O)c3ncc(Cl)cc3O[C@@]2(c2ccc(Br)cc2)[C@@H]1c1ccccc1. The van der Waals surface area contributed by atoms with Gasteiger partial charge in [-0.1, -0.05) is 70.0 Å². The predicted molar refractivity (Wildman–Crippen MR) is 120 cm³/mol. The lowest BCUT2D eigenvalue weighted by Gasteiger charge is -2.40. The molecular weight excluding hydrogens is 482 g/mol. The first-order valence-electron chi connectivity index (χ1n) is 9.99. The molecule has 0 radical (unpaired) electrons. The summed E-state index contributed by atoms with van der Waals surface area (Å²) in [5.74, 6) is -0.483. The fraction of sp³-hybridized carbons (Fsp3) is 0.292. The average molecular weight is 503 g/mol. The Bertz CT molecular complexity index is 1110. The zero-order valence-electron chi connectivity index (χ0n) is 16.7. The van der Waals surface area contributed by atoms with Crippen LogP contribution in [-0.2, 0) is 15.9 Å². The number of aliphatic hydroxyl groups is 2. The molecule has 1 fully saturated rings. The van der Waals surface area contributed by atoms with Crippen molar-refractivity contribution >= 4 is 27.5 Å². The van der Waals surface area contributed by atoms with Crippen molar-refractivity contribution in [3.63, 3.8) is 0 Å². The van der Waals surface area contributed by atoms with Crippen LogP contribution in [0.3, 0.4) is 0 Å². The number of pyridine rings is 1. The molecule has 1 aliphatic carbocycles. The van der Waals surface area contributed by atoms with E-state index >= 15 is 0 Å². The van der Waals surface area contributed by atoms with Gasteiger partial charge in [0.05, 0.1) is 17.7 Å². The Hall–Kier alpha value is -1.96. The first-order valence-corrected chi connectivity index (χ1v) is 11.2. The number of hydrogen-bond acceptors (Lipinski definition) is 5. The molecule has 3 aromatic rings. The number of nitrogens with zero attached hydrogens (tertiary/aromatic N) is 1. The van der Waals surface area contributed by atoms with Gasteiger partial charge in [0.1, 0.15) is 11.4 Å². The van der Waals surface area contributed by atoms with Crippen LogP contribution in [0.4, 0.5) is 0 Å². The highest BCUT2D eigenvalue weighted by Gasteiger charge is 2.76. The highest BCUT2D eigenvalue weighted by Crippen LogP contribution is 2.68. The maximum atomic E-state index is 12.3. The number of methoxy groups -OCH3 is 1. The number of fused-ring (bicyclic) bond motifs is 3. The summed E-state index contributed by atoms with van der Waals surface area (Å²) in [7, 11) is 1.59. The second-order valence-electron chi connectivity index (χ2n) is 8.06. The third kappa shape index (κ3) is 2.82. The molecule has 5 nitrogen and oxygen atoms in total. The van der Waals surface area contributed by atoms with E-state index in [1.54, 1.807) is 13.2 Å². The topological polar surface area (TPSA) is 71.8 Å². The Balaban J connectivity index is 1.84. The van der Waals surface area contributed by atoms with Crippen molar-refractivity contribution in [3.05, 3.63) is 93.2 Å². The Kier molecular flexibility index (Phi) is 5.11. The summed E-state index contributed by atoms with van der Waals surface area (Å²) in [6, 6.07) is 19.0. The summed E-state index contributed by atoms with van der Waals surface area (Å²) >= 11 is 9.67. The molecule has 0 spiro atoms. The summed E-state index contributed by atoms with van der Waals surface area (Å²) in [4.78, 5) is 4.42. The van der Waals surface area contributed by atoms with Gasteiger partial charge in [-0.25, -0.2) is 0 Å². The fourth-order valence-corrected chi connectivity index (χ4v) is 5.76. The molecule has 5 atom stereocenters. The fourth-order valence-electron chi connectivity index (χ4n) is 5.34. The molecule has 0 saturated heterocycles. The second kappa shape index (κ2) is 7.57. The van der Waals surface area contributed by atoms with E-state index in [0.717, 1.165) is 15.6 Å². The molecule has 5 rings (SSSR count). The third-order valence-corrected chi connectivity index (χ3v) is 7.24. The summed E-state index contributed by atoms with van der Waals surface area (Å²) in [5, 5.41) is 24.3. The van der Waals surface area contributed by atoms with Crippen molar-refractivity contribution < 1.29 is 19.7 Å². The number of halogens is 2. The van der Waals surface area contributed by atoms with Crippen LogP contribution in [0.5, 0.6) is 5.75 Å². The molecule has 1 aromatic heterocycles. The molecule has 2 N–H and O–H groups in total. The molecule has 160 valence electrons. The van der Waals surface area contributed by atoms with E-state index in [0.29, 0.717) is 10.8 Å². The molecule has 1 saturated carbocycles. The van der Waals surface area contributed by atoms with E-state index in [4.69, 9.17) is 21.1 Å². The van der Waals surface area contributed by atoms with Gasteiger partial charge in [-0.2, -0.15) is 0 Å². The first kappa shape index (κ1) is 20.9. The van der Waals surface area contributed by atoms with Gasteiger partial charge in [0.25, 0.3) is 0 Å². The van der Waals surface area contributed by atoms with Crippen LogP contribution in [0.2, 0.25) is 5.02 Å². The van der Waals surface area contributed by atoms with Gasteiger partial charge in [-0.05, 0) is 23.3 Å². The monoisotopic (exact) mass is 501 g/mol. The van der Waals surface area contributed by atoms with Crippen molar-refractivity contribution in [2.45, 2.75) is 23.2 Å². The van der Waals surface area contributed by atoms with Crippen LogP contribution in [0.1, 0.15) is 22.7 Å². The molecule has 0 unspecified atom stereocenters. The largest absolute Gasteiger partial charge is 0.476 e. The van der Waals surface area contributed by atoms with E-state index < -0.39 is 29.1 Å². The molecule has 2 heterocycles. The summed E-state index contributed by atoms with van der Waals surface area (Å²) in [6.07, 6.45) is 0.281. The number of benzene rings is 2. The lowest BCUT2D eigenvalue weighted by atomic mass is 9.71. The van der Waals surface area contributed by atoms with Gasteiger partial charge in [0.15, 0.2) is 11.2 Å². The number of aromatic nitrogens is 1. The van der Waals surface area contributed by atoms with Crippen LogP contribution >= 0.6 is 27.5 Å². The van der Waals surface area contributed by atoms with Gasteiger partial charge in [0.2, 0.25) is 0 Å². The molecule has 7 heteroatoms. The highest BCUT2D eigenvalue weighted by molar-refractivity contribution is 9.10. The van der Waals surface area contributed by atoms with Crippen LogP contribution in [-0.4, -0.2) is 35.0 Å². The molecule has 0 bridgehead atoms. The quantitative estimate of drug-likeness (QED) is 0.554. The minimum Gasteiger partial charge on any atom is -0.476 e. The zero-order chi connectivity index (χ0) is 21.8. The summed E-state index contributed by atoms with van der Waals surface area (Å²) < 4.78 is 13.0. The van der Waals surface area contributed by atoms with E-state index in [9.17, 15) is 10.2 Å². The molecule has 1 aliphatic heterocycles. The van der Waals surface area contributed by atoms with E-state index in [2.05, 4.69) is 20.9 Å². The van der Waals surface area contributed by atoms with Crippen molar-refractivity contribution in [2.75, 3.05) is 13.7 Å². The van der Waals surface area contributed by atoms with Crippen LogP contribution in [0.15, 0.2) is 71.3 Å². The standard InChI is InChI=1S/C24H21BrClNO4/c1-30-13-18-20(14-5-3-2-4-6-14)24(15-7-9-16(25)10-8-15)23(29,22(18)28)21-19(31-24)11-17(26)12-27-21/h2-12,18,20,22,28-29H,13H2,1H3/t18-,20-,22-,23+,24+/m1/s1. The number of aliphatic hydroxyl groups excluding tert-OH is 1. The van der Waals surface area contributed by atoms with Crippen molar-refractivity contribution in [1.82, 2.24) is 4.98 Å². The lowest BCUT2D eigenvalue weighted by Crippen LogP contribution is -2.52. The Morgan fingerprint density at radius 3 is 2.55 bits per heavy atom. The first-order chi connectivity index (χ1) is 14.9. The highest BCUT2D eigenvalue weighted by atomic mass is 79.9. The van der Waals surface area contributed by atoms with E-state index in [-0.39, 0.29) is 12.3 Å². The van der Waals surface area contributed by atoms with E-state index in [1.807, 2.05) is 54.6 Å². The Morgan fingerprint density at radius 2 is 1.87 bits per heavy atom. The molecule has 2 aromatic carbocycles. The number of hydrogen-bond donors (Lipinski definition) is 2. The van der Waals surface area contributed by atoms with Gasteiger partial charge in [-0.15, -0.1) is 0 Å². The van der Waals surface area contributed by atoms with Crippen LogP contribution < -0.4 is 4.74 Å². The average Bonchev–Trinajstić information content (AvgIpc) is 3.13. The Morgan fingerprint density at radius 1 is 1.16 bits per heavy atom. The maximum absolute atomic E-state index is 12.3. The van der Waals surface area contributed by atoms with Crippen LogP contribution in [0, 0.1) is 5.92 Å². The smallest absolute Gasteiger partial charge is 0.181 e. The van der Waals surface area contributed by atoms with Crippen molar-refractivity contribution in [3.8, 4) is 5.75 Å². The molecule has 2 aliphatic rings. The van der Waals surface area contributed by atoms with E-state index in [1.165, 1.54) is 6.20 Å². The van der Waals surface area contributed by atoms with Crippen LogP contribution in [0.25, 0.3) is 0 Å². The van der Waals surface area contributed by atoms with Crippen molar-refractivity contribution in [1.29, 1.82) is 0 Å². The summed E-state index contributed by atoms with van der Waals surface area (Å²) in [6.45, 7) is 0.244. The van der Waals surface area contributed by atoms with Gasteiger partial charge in [-0.3, -0.25) is 4.98 Å². The minimum atomic E-state index is -1.80. The lowest BCUT2D eigenvalue weighted by molar-refractivity contribution is -0.154.